The molecule has 1 saturated carbocycles. The first-order chi connectivity index (χ1) is 15.2. The summed E-state index contributed by atoms with van der Waals surface area (Å²) in [4.78, 5) is 12.2. The Bertz CT molecular complexity index is 1010. The molecule has 0 aliphatic heterocycles. The van der Waals surface area contributed by atoms with Crippen LogP contribution < -0.4 is 4.74 Å². The van der Waals surface area contributed by atoms with Gasteiger partial charge < -0.3 is 14.2 Å². The van der Waals surface area contributed by atoms with Crippen LogP contribution in [-0.4, -0.2) is 20.2 Å². The molecule has 0 radical (unpaired) electrons. The lowest BCUT2D eigenvalue weighted by Crippen LogP contribution is -2.22. The maximum Gasteiger partial charge on any atom is 0.309 e. The monoisotopic (exact) mass is 500 g/mol. The number of ether oxygens (including phenoxy) is 3. The van der Waals surface area contributed by atoms with Crippen molar-refractivity contribution in [1.82, 2.24) is 0 Å². The lowest BCUT2D eigenvalue weighted by Gasteiger charge is -2.30. The predicted molar refractivity (Wildman–Crippen MR) is 129 cm³/mol. The molecule has 2 aliphatic rings. The van der Waals surface area contributed by atoms with Crippen molar-refractivity contribution >= 4 is 21.9 Å². The van der Waals surface area contributed by atoms with E-state index < -0.39 is 0 Å². The highest BCUT2D eigenvalue weighted by Gasteiger charge is 2.61. The fraction of sp³-hybridized carbons (Fsp3) is 0.519. The quantitative estimate of drug-likeness (QED) is 0.423. The van der Waals surface area contributed by atoms with Crippen LogP contribution in [-0.2, 0) is 32.7 Å². The van der Waals surface area contributed by atoms with Crippen LogP contribution in [0, 0.1) is 11.3 Å². The van der Waals surface area contributed by atoms with E-state index in [9.17, 15) is 4.79 Å². The van der Waals surface area contributed by atoms with Crippen molar-refractivity contribution in [2.75, 3.05) is 14.2 Å². The van der Waals surface area contributed by atoms with Gasteiger partial charge in [-0.2, -0.15) is 0 Å². The zero-order chi connectivity index (χ0) is 23.1. The van der Waals surface area contributed by atoms with Gasteiger partial charge in [-0.25, -0.2) is 0 Å². The number of fused-ring (bicyclic) bond motifs is 2. The molecule has 2 aromatic rings. The summed E-state index contributed by atoms with van der Waals surface area (Å²) in [6.07, 6.45) is 4.09. The molecule has 5 heteroatoms. The normalized spacial score (nSPS) is 22.9. The molecule has 172 valence electrons. The molecule has 4 nitrogen and oxygen atoms in total. The minimum Gasteiger partial charge on any atom is -0.489 e. The van der Waals surface area contributed by atoms with E-state index in [1.807, 2.05) is 0 Å². The SMILES string of the molecule is COC(=O)[C@@H]1CC12CCCc1ccc(OCc3ccc(Br)c([C@@H](OC)C(C)(C)C)c3)cc12. The average Bonchev–Trinajstić information content (AvgIpc) is 3.48. The molecule has 1 fully saturated rings. The van der Waals surface area contributed by atoms with Gasteiger partial charge in [0.2, 0.25) is 0 Å². The van der Waals surface area contributed by atoms with Crippen LogP contribution in [0.1, 0.15) is 68.4 Å². The van der Waals surface area contributed by atoms with E-state index in [-0.39, 0.29) is 28.8 Å². The van der Waals surface area contributed by atoms with Crippen molar-refractivity contribution in [2.24, 2.45) is 11.3 Å². The minimum atomic E-state index is -0.0851. The maximum atomic E-state index is 12.2. The molecule has 0 heterocycles. The molecule has 32 heavy (non-hydrogen) atoms. The third-order valence-corrected chi connectivity index (χ3v) is 7.74. The summed E-state index contributed by atoms with van der Waals surface area (Å²) in [5, 5.41) is 0. The van der Waals surface area contributed by atoms with Gasteiger partial charge in [0.15, 0.2) is 0 Å². The Morgan fingerprint density at radius 1 is 1.19 bits per heavy atom. The number of esters is 1. The lowest BCUT2D eigenvalue weighted by atomic mass is 9.78. The number of halogens is 1. The zero-order valence-corrected chi connectivity index (χ0v) is 21.3. The lowest BCUT2D eigenvalue weighted by molar-refractivity contribution is -0.142. The molecule has 0 N–H and O–H groups in total. The maximum absolute atomic E-state index is 12.2. The second-order valence-corrected chi connectivity index (χ2v) is 11.1. The van der Waals surface area contributed by atoms with Crippen molar-refractivity contribution in [3.8, 4) is 5.75 Å². The number of rotatable bonds is 6. The molecule has 0 aromatic heterocycles. The Kier molecular flexibility index (Phi) is 6.43. The molecule has 4 rings (SSSR count). The summed E-state index contributed by atoms with van der Waals surface area (Å²) >= 11 is 3.69. The van der Waals surface area contributed by atoms with Crippen LogP contribution >= 0.6 is 15.9 Å². The van der Waals surface area contributed by atoms with Crippen LogP contribution in [0.5, 0.6) is 5.75 Å². The third kappa shape index (κ3) is 4.34. The van der Waals surface area contributed by atoms with E-state index in [2.05, 4.69) is 73.1 Å². The first kappa shape index (κ1) is 23.3. The van der Waals surface area contributed by atoms with Gasteiger partial charge >= 0.3 is 5.97 Å². The summed E-state index contributed by atoms with van der Waals surface area (Å²) in [7, 11) is 3.24. The predicted octanol–water partition coefficient (Wildman–Crippen LogP) is 6.53. The molecule has 1 unspecified atom stereocenters. The zero-order valence-electron chi connectivity index (χ0n) is 19.7. The van der Waals surface area contributed by atoms with Crippen LogP contribution in [0.25, 0.3) is 0 Å². The Hall–Kier alpha value is -1.85. The van der Waals surface area contributed by atoms with Crippen LogP contribution in [0.2, 0.25) is 0 Å². The van der Waals surface area contributed by atoms with Gasteiger partial charge in [0, 0.05) is 17.0 Å². The van der Waals surface area contributed by atoms with E-state index in [4.69, 9.17) is 14.2 Å². The van der Waals surface area contributed by atoms with Crippen molar-refractivity contribution in [3.05, 3.63) is 63.1 Å². The number of methoxy groups -OCH3 is 2. The Morgan fingerprint density at radius 2 is 1.97 bits per heavy atom. The van der Waals surface area contributed by atoms with Gasteiger partial charge in [-0.05, 0) is 77.6 Å². The fourth-order valence-electron chi connectivity index (χ4n) is 5.38. The molecular formula is C27H33BrO4. The van der Waals surface area contributed by atoms with Crippen LogP contribution in [0.3, 0.4) is 0 Å². The van der Waals surface area contributed by atoms with Crippen molar-refractivity contribution in [3.63, 3.8) is 0 Å². The third-order valence-electron chi connectivity index (χ3n) is 7.02. The van der Waals surface area contributed by atoms with Crippen molar-refractivity contribution < 1.29 is 19.0 Å². The van der Waals surface area contributed by atoms with Gasteiger partial charge in [0.25, 0.3) is 0 Å². The molecule has 2 aromatic carbocycles. The number of hydrogen-bond donors (Lipinski definition) is 0. The number of carbonyl (C=O) groups is 1. The molecule has 0 bridgehead atoms. The first-order valence-electron chi connectivity index (χ1n) is 11.3. The molecular weight excluding hydrogens is 468 g/mol. The molecule has 0 saturated heterocycles. The van der Waals surface area contributed by atoms with Gasteiger partial charge in [-0.3, -0.25) is 4.79 Å². The fourth-order valence-corrected chi connectivity index (χ4v) is 5.84. The largest absolute Gasteiger partial charge is 0.489 e. The number of aryl methyl sites for hydroxylation is 1. The van der Waals surface area contributed by atoms with E-state index in [0.717, 1.165) is 47.0 Å². The summed E-state index contributed by atoms with van der Waals surface area (Å²) in [5.41, 5.74) is 4.77. The van der Waals surface area contributed by atoms with Crippen molar-refractivity contribution in [1.29, 1.82) is 0 Å². The molecule has 1 spiro atoms. The number of benzene rings is 2. The smallest absolute Gasteiger partial charge is 0.309 e. The second kappa shape index (κ2) is 8.83. The van der Waals surface area contributed by atoms with Crippen LogP contribution in [0.4, 0.5) is 0 Å². The summed E-state index contributed by atoms with van der Waals surface area (Å²) in [6.45, 7) is 7.02. The van der Waals surface area contributed by atoms with Crippen molar-refractivity contribution in [2.45, 2.75) is 64.6 Å². The second-order valence-electron chi connectivity index (χ2n) is 10.2. The Labute approximate surface area is 199 Å². The summed E-state index contributed by atoms with van der Waals surface area (Å²) in [6, 6.07) is 12.7. The highest BCUT2D eigenvalue weighted by Crippen LogP contribution is 2.61. The molecule has 3 atom stereocenters. The van der Waals surface area contributed by atoms with E-state index in [1.54, 1.807) is 7.11 Å². The number of hydrogen-bond acceptors (Lipinski definition) is 4. The minimum absolute atomic E-state index is 0.0146. The Balaban J connectivity index is 1.54. The topological polar surface area (TPSA) is 44.8 Å². The standard InChI is InChI=1S/C27H33BrO4/c1-26(2,3)24(30-4)20-13-17(8-11-23(20)28)16-32-19-10-9-18-7-6-12-27(21(18)14-19)15-22(27)25(29)31-5/h8-11,13-14,22,24H,6-7,12,15-16H2,1-5H3/t22-,24+,27?/m0/s1. The Morgan fingerprint density at radius 3 is 2.66 bits per heavy atom. The highest BCUT2D eigenvalue weighted by molar-refractivity contribution is 9.10. The van der Waals surface area contributed by atoms with E-state index >= 15 is 0 Å². The first-order valence-corrected chi connectivity index (χ1v) is 12.1. The number of carbonyl (C=O) groups excluding carboxylic acids is 1. The van der Waals surface area contributed by atoms with Gasteiger partial charge in [-0.1, -0.05) is 48.8 Å². The molecule has 0 amide bonds. The van der Waals surface area contributed by atoms with Crippen LogP contribution in [0.15, 0.2) is 40.9 Å². The summed E-state index contributed by atoms with van der Waals surface area (Å²) < 4.78 is 18.1. The van der Waals surface area contributed by atoms with Gasteiger partial charge in [0.05, 0.1) is 19.1 Å². The highest BCUT2D eigenvalue weighted by atomic mass is 79.9. The van der Waals surface area contributed by atoms with Gasteiger partial charge in [-0.15, -0.1) is 0 Å². The van der Waals surface area contributed by atoms with E-state index in [1.165, 1.54) is 18.2 Å². The molecule has 2 aliphatic carbocycles. The summed E-state index contributed by atoms with van der Waals surface area (Å²) in [5.74, 6) is 0.751. The van der Waals surface area contributed by atoms with E-state index in [0.29, 0.717) is 6.61 Å². The van der Waals surface area contributed by atoms with Gasteiger partial charge in [0.1, 0.15) is 12.4 Å². The average molecular weight is 501 g/mol.